The molecule has 0 aliphatic heterocycles. The van der Waals surface area contributed by atoms with Crippen molar-refractivity contribution < 1.29 is 14.7 Å². The predicted octanol–water partition coefficient (Wildman–Crippen LogP) is 2.77. The Hall–Kier alpha value is -0.880. The number of nitrogens with one attached hydrogen (secondary N) is 1. The van der Waals surface area contributed by atoms with Crippen LogP contribution in [0.15, 0.2) is 15.9 Å². The van der Waals surface area contributed by atoms with Crippen LogP contribution in [0.4, 0.5) is 0 Å². The number of halogens is 1. The maximum absolute atomic E-state index is 12.1. The summed E-state index contributed by atoms with van der Waals surface area (Å²) in [5.74, 6) is -1.35. The second-order valence-corrected chi connectivity index (χ2v) is 7.03. The first kappa shape index (κ1) is 13.5. The highest BCUT2D eigenvalue weighted by molar-refractivity contribution is 9.11. The summed E-state index contributed by atoms with van der Waals surface area (Å²) in [5.41, 5.74) is -1.20. The van der Waals surface area contributed by atoms with E-state index in [0.717, 1.165) is 21.5 Å². The van der Waals surface area contributed by atoms with Crippen LogP contribution in [0.3, 0.4) is 0 Å². The maximum Gasteiger partial charge on any atom is 0.319 e. The first-order valence-electron chi connectivity index (χ1n) is 5.80. The molecule has 1 amide bonds. The van der Waals surface area contributed by atoms with Crippen molar-refractivity contribution >= 4 is 39.1 Å². The number of hydrogen-bond acceptors (Lipinski definition) is 3. The molecule has 98 valence electrons. The molecule has 2 rings (SSSR count). The van der Waals surface area contributed by atoms with E-state index in [4.69, 9.17) is 0 Å². The van der Waals surface area contributed by atoms with Gasteiger partial charge in [0.25, 0.3) is 0 Å². The summed E-state index contributed by atoms with van der Waals surface area (Å²) in [5, 5.41) is 12.0. The number of hydrogen-bond donors (Lipinski definition) is 2. The highest BCUT2D eigenvalue weighted by Gasteiger charge is 2.47. The van der Waals surface area contributed by atoms with Gasteiger partial charge >= 0.3 is 5.97 Å². The van der Waals surface area contributed by atoms with E-state index in [1.54, 1.807) is 0 Å². The van der Waals surface area contributed by atoms with E-state index >= 15 is 0 Å². The first-order valence-corrected chi connectivity index (χ1v) is 7.41. The van der Waals surface area contributed by atoms with Crippen LogP contribution in [0.1, 0.15) is 30.6 Å². The molecule has 1 fully saturated rings. The Morgan fingerprint density at radius 1 is 1.39 bits per heavy atom. The smallest absolute Gasteiger partial charge is 0.319 e. The Morgan fingerprint density at radius 3 is 2.56 bits per heavy atom. The molecule has 4 nitrogen and oxygen atoms in total. The molecule has 1 aliphatic carbocycles. The average molecular weight is 332 g/mol. The van der Waals surface area contributed by atoms with E-state index in [2.05, 4.69) is 21.2 Å². The van der Waals surface area contributed by atoms with E-state index in [1.165, 1.54) is 11.3 Å². The fourth-order valence-electron chi connectivity index (χ4n) is 2.30. The topological polar surface area (TPSA) is 66.4 Å². The van der Waals surface area contributed by atoms with Gasteiger partial charge in [0.05, 0.1) is 10.3 Å². The molecule has 0 bridgehead atoms. The molecule has 18 heavy (non-hydrogen) atoms. The van der Waals surface area contributed by atoms with Crippen LogP contribution in [0.5, 0.6) is 0 Å². The largest absolute Gasteiger partial charge is 0.480 e. The van der Waals surface area contributed by atoms with Gasteiger partial charge in [0, 0.05) is 4.88 Å². The minimum atomic E-state index is -1.20. The van der Waals surface area contributed by atoms with Crippen LogP contribution < -0.4 is 5.32 Å². The standard InChI is InChI=1S/C12H14BrNO3S/c13-9-4-3-8(18-9)7-14-10(15)12(11(16)17)5-1-2-6-12/h3-4H,1-2,5-7H2,(H,14,15)(H,16,17). The monoisotopic (exact) mass is 331 g/mol. The molecule has 0 radical (unpaired) electrons. The Balaban J connectivity index is 2.00. The minimum absolute atomic E-state index is 0.350. The third kappa shape index (κ3) is 2.59. The molecule has 2 N–H and O–H groups in total. The molecule has 0 spiro atoms. The number of carbonyl (C=O) groups excluding carboxylic acids is 1. The zero-order chi connectivity index (χ0) is 13.2. The van der Waals surface area contributed by atoms with Gasteiger partial charge < -0.3 is 10.4 Å². The molecule has 1 heterocycles. The van der Waals surface area contributed by atoms with E-state index in [-0.39, 0.29) is 5.91 Å². The summed E-state index contributed by atoms with van der Waals surface area (Å²) in [6.07, 6.45) is 2.51. The molecule has 1 aromatic rings. The van der Waals surface area contributed by atoms with E-state index in [0.29, 0.717) is 19.4 Å². The molecule has 6 heteroatoms. The number of carboxylic acid groups (broad SMARTS) is 1. The van der Waals surface area contributed by atoms with Gasteiger partial charge in [0.2, 0.25) is 5.91 Å². The normalized spacial score (nSPS) is 17.6. The summed E-state index contributed by atoms with van der Waals surface area (Å²) in [7, 11) is 0. The van der Waals surface area contributed by atoms with Crippen molar-refractivity contribution in [1.29, 1.82) is 0 Å². The molecule has 0 unspecified atom stereocenters. The van der Waals surface area contributed by atoms with Gasteiger partial charge in [-0.3, -0.25) is 9.59 Å². The Labute approximate surface area is 118 Å². The number of rotatable bonds is 4. The molecule has 1 aromatic heterocycles. The summed E-state index contributed by atoms with van der Waals surface area (Å²) < 4.78 is 1.00. The zero-order valence-electron chi connectivity index (χ0n) is 9.74. The Kier molecular flexibility index (Phi) is 4.07. The Morgan fingerprint density at radius 2 is 2.06 bits per heavy atom. The fraction of sp³-hybridized carbons (Fsp3) is 0.500. The van der Waals surface area contributed by atoms with Crippen molar-refractivity contribution in [3.8, 4) is 0 Å². The second kappa shape index (κ2) is 5.40. The van der Waals surface area contributed by atoms with Gasteiger partial charge in [-0.25, -0.2) is 0 Å². The fourth-order valence-corrected chi connectivity index (χ4v) is 3.72. The molecular formula is C12H14BrNO3S. The minimum Gasteiger partial charge on any atom is -0.480 e. The molecule has 1 saturated carbocycles. The van der Waals surface area contributed by atoms with Crippen molar-refractivity contribution in [2.45, 2.75) is 32.2 Å². The highest BCUT2D eigenvalue weighted by Crippen LogP contribution is 2.38. The molecule has 0 aromatic carbocycles. The number of amides is 1. The van der Waals surface area contributed by atoms with Crippen molar-refractivity contribution in [2.24, 2.45) is 5.41 Å². The van der Waals surface area contributed by atoms with E-state index in [9.17, 15) is 14.7 Å². The van der Waals surface area contributed by atoms with Crippen LogP contribution >= 0.6 is 27.3 Å². The van der Waals surface area contributed by atoms with Crippen molar-refractivity contribution in [3.05, 3.63) is 20.8 Å². The van der Waals surface area contributed by atoms with Gasteiger partial charge in [-0.2, -0.15) is 0 Å². The first-order chi connectivity index (χ1) is 8.54. The molecule has 1 aliphatic rings. The van der Waals surface area contributed by atoms with Crippen LogP contribution in [-0.4, -0.2) is 17.0 Å². The van der Waals surface area contributed by atoms with Crippen molar-refractivity contribution in [2.75, 3.05) is 0 Å². The lowest BCUT2D eigenvalue weighted by Gasteiger charge is -2.22. The van der Waals surface area contributed by atoms with E-state index in [1.807, 2.05) is 12.1 Å². The average Bonchev–Trinajstić information content (AvgIpc) is 2.95. The second-order valence-electron chi connectivity index (χ2n) is 4.48. The number of thiophene rings is 1. The van der Waals surface area contributed by atoms with Gasteiger partial charge in [0.1, 0.15) is 5.41 Å². The molecule has 0 atom stereocenters. The maximum atomic E-state index is 12.1. The van der Waals surface area contributed by atoms with Crippen molar-refractivity contribution in [3.63, 3.8) is 0 Å². The lowest BCUT2D eigenvalue weighted by molar-refractivity contribution is -0.155. The molecular weight excluding hydrogens is 318 g/mol. The van der Waals surface area contributed by atoms with Gasteiger partial charge in [-0.05, 0) is 40.9 Å². The molecule has 0 saturated heterocycles. The lowest BCUT2D eigenvalue weighted by Crippen LogP contribution is -2.44. The third-order valence-electron chi connectivity index (χ3n) is 3.35. The lowest BCUT2D eigenvalue weighted by atomic mass is 9.85. The Bertz CT molecular complexity index is 466. The quantitative estimate of drug-likeness (QED) is 0.833. The number of carboxylic acids is 1. The van der Waals surface area contributed by atoms with Gasteiger partial charge in [0.15, 0.2) is 0 Å². The van der Waals surface area contributed by atoms with E-state index < -0.39 is 11.4 Å². The van der Waals surface area contributed by atoms with Crippen LogP contribution in [0.2, 0.25) is 0 Å². The summed E-state index contributed by atoms with van der Waals surface area (Å²) in [6, 6.07) is 3.83. The summed E-state index contributed by atoms with van der Waals surface area (Å²) in [6.45, 7) is 0.393. The van der Waals surface area contributed by atoms with Gasteiger partial charge in [-0.15, -0.1) is 11.3 Å². The highest BCUT2D eigenvalue weighted by atomic mass is 79.9. The van der Waals surface area contributed by atoms with Crippen LogP contribution in [0, 0.1) is 5.41 Å². The van der Waals surface area contributed by atoms with Crippen LogP contribution in [0.25, 0.3) is 0 Å². The zero-order valence-corrected chi connectivity index (χ0v) is 12.1. The number of carbonyl (C=O) groups is 2. The van der Waals surface area contributed by atoms with Crippen LogP contribution in [-0.2, 0) is 16.1 Å². The summed E-state index contributed by atoms with van der Waals surface area (Å²) in [4.78, 5) is 24.4. The summed E-state index contributed by atoms with van der Waals surface area (Å²) >= 11 is 4.89. The van der Waals surface area contributed by atoms with Gasteiger partial charge in [-0.1, -0.05) is 12.8 Å². The third-order valence-corrected chi connectivity index (χ3v) is 4.98. The van der Waals surface area contributed by atoms with Crippen molar-refractivity contribution in [1.82, 2.24) is 5.32 Å². The predicted molar refractivity (Wildman–Crippen MR) is 72.4 cm³/mol. The number of aliphatic carboxylic acids is 1. The SMILES string of the molecule is O=C(O)C1(C(=O)NCc2ccc(Br)s2)CCCC1.